The van der Waals surface area contributed by atoms with E-state index < -0.39 is 29.0 Å². The van der Waals surface area contributed by atoms with Gasteiger partial charge in [0, 0.05) is 18.5 Å². The summed E-state index contributed by atoms with van der Waals surface area (Å²) in [5.41, 5.74) is 0.136. The zero-order chi connectivity index (χ0) is 36.7. The van der Waals surface area contributed by atoms with E-state index in [1.54, 1.807) is 34.6 Å². The molecule has 0 aliphatic heterocycles. The molecule has 0 aliphatic rings. The number of ether oxygens (including phenoxy) is 5. The SMILES string of the molecule is CCOCc1nc2c(NC(=O)CNC(=O)COCCOCCOCC(=O)NCCC(=O)OC(C)(C)C)nc3ccccc3c2n1CC(C)(C)O. The van der Waals surface area contributed by atoms with Crippen molar-refractivity contribution in [2.75, 3.05) is 64.7 Å². The van der Waals surface area contributed by atoms with E-state index >= 15 is 0 Å². The van der Waals surface area contributed by atoms with Gasteiger partial charge in [-0.25, -0.2) is 9.97 Å². The second-order valence-corrected chi connectivity index (χ2v) is 13.0. The van der Waals surface area contributed by atoms with E-state index in [9.17, 15) is 24.3 Å². The highest BCUT2D eigenvalue weighted by atomic mass is 16.6. The third kappa shape index (κ3) is 14.0. The number of nitrogens with one attached hydrogen (secondary N) is 3. The summed E-state index contributed by atoms with van der Waals surface area (Å²) in [5, 5.41) is 19.3. The Morgan fingerprint density at radius 3 is 2.12 bits per heavy atom. The van der Waals surface area contributed by atoms with E-state index in [1.165, 1.54) is 0 Å². The van der Waals surface area contributed by atoms with Crippen LogP contribution in [0.3, 0.4) is 0 Å². The van der Waals surface area contributed by atoms with E-state index in [0.717, 1.165) is 5.39 Å². The third-order valence-electron chi connectivity index (χ3n) is 6.63. The monoisotopic (exact) mass is 702 g/mol. The van der Waals surface area contributed by atoms with Crippen LogP contribution in [0.1, 0.15) is 53.8 Å². The number of imidazole rings is 1. The minimum Gasteiger partial charge on any atom is -0.460 e. The van der Waals surface area contributed by atoms with Gasteiger partial charge in [-0.3, -0.25) is 19.2 Å². The number of rotatable bonds is 21. The number of carbonyl (C=O) groups excluding carboxylic acids is 4. The van der Waals surface area contributed by atoms with Crippen LogP contribution in [0.4, 0.5) is 5.82 Å². The molecule has 2 aromatic heterocycles. The van der Waals surface area contributed by atoms with Crippen molar-refractivity contribution in [1.29, 1.82) is 0 Å². The number of benzene rings is 1. The van der Waals surface area contributed by atoms with Gasteiger partial charge in [0.2, 0.25) is 17.7 Å². The number of para-hydroxylation sites is 1. The van der Waals surface area contributed by atoms with Gasteiger partial charge in [-0.1, -0.05) is 18.2 Å². The van der Waals surface area contributed by atoms with Crippen LogP contribution < -0.4 is 16.0 Å². The largest absolute Gasteiger partial charge is 0.460 e. The van der Waals surface area contributed by atoms with Crippen molar-refractivity contribution in [2.45, 2.75) is 72.3 Å². The Kier molecular flexibility index (Phi) is 15.5. The predicted octanol–water partition coefficient (Wildman–Crippen LogP) is 1.84. The molecule has 16 heteroatoms. The minimum atomic E-state index is -1.05. The standard InChI is InChI=1S/C34H50N6O10/c1-7-46-19-25-38-30-31(40(25)22-34(5,6)45)23-10-8-9-11-24(23)37-32(30)39-26(41)18-36-28(43)21-49-17-15-47-14-16-48-20-27(42)35-13-12-29(44)50-33(2,3)4/h8-11,45H,7,12-22H2,1-6H3,(H,35,42)(H,36,43)(H,37,39,41). The molecule has 0 saturated carbocycles. The number of nitrogens with zero attached hydrogens (tertiary/aromatic N) is 3. The zero-order valence-electron chi connectivity index (χ0n) is 29.8. The Hall–Kier alpha value is -4.22. The van der Waals surface area contributed by atoms with Crippen LogP contribution in [-0.4, -0.2) is 114 Å². The maximum atomic E-state index is 12.9. The molecule has 0 radical (unpaired) electrons. The van der Waals surface area contributed by atoms with Crippen LogP contribution in [0.2, 0.25) is 0 Å². The average Bonchev–Trinajstić information content (AvgIpc) is 3.38. The molecular formula is C34H50N6O10. The zero-order valence-corrected chi connectivity index (χ0v) is 29.8. The van der Waals surface area contributed by atoms with Crippen LogP contribution in [0.15, 0.2) is 24.3 Å². The van der Waals surface area contributed by atoms with Crippen molar-refractivity contribution in [1.82, 2.24) is 25.2 Å². The summed E-state index contributed by atoms with van der Waals surface area (Å²) < 4.78 is 28.6. The molecule has 0 unspecified atom stereocenters. The first-order valence-corrected chi connectivity index (χ1v) is 16.5. The summed E-state index contributed by atoms with van der Waals surface area (Å²) in [5.74, 6) is -0.952. The number of carbonyl (C=O) groups is 4. The first-order chi connectivity index (χ1) is 23.7. The normalized spacial score (nSPS) is 11.9. The number of amides is 3. The lowest BCUT2D eigenvalue weighted by atomic mass is 10.1. The van der Waals surface area contributed by atoms with Crippen LogP contribution >= 0.6 is 0 Å². The van der Waals surface area contributed by atoms with Crippen molar-refractivity contribution in [3.8, 4) is 0 Å². The van der Waals surface area contributed by atoms with Crippen molar-refractivity contribution in [3.63, 3.8) is 0 Å². The molecule has 16 nitrogen and oxygen atoms in total. The number of aromatic nitrogens is 3. The number of hydrogen-bond acceptors (Lipinski definition) is 12. The topological polar surface area (TPSA) is 201 Å². The predicted molar refractivity (Wildman–Crippen MR) is 184 cm³/mol. The van der Waals surface area contributed by atoms with Gasteiger partial charge in [-0.2, -0.15) is 0 Å². The van der Waals surface area contributed by atoms with Crippen molar-refractivity contribution in [2.24, 2.45) is 0 Å². The summed E-state index contributed by atoms with van der Waals surface area (Å²) in [7, 11) is 0. The van der Waals surface area contributed by atoms with Crippen LogP contribution in [0, 0.1) is 0 Å². The number of aliphatic hydroxyl groups is 1. The van der Waals surface area contributed by atoms with E-state index in [2.05, 4.69) is 20.9 Å². The van der Waals surface area contributed by atoms with Gasteiger partial charge in [-0.05, 0) is 47.6 Å². The lowest BCUT2D eigenvalue weighted by Gasteiger charge is -2.20. The fraction of sp³-hybridized carbons (Fsp3) is 0.588. The highest BCUT2D eigenvalue weighted by Gasteiger charge is 2.24. The molecule has 3 aromatic rings. The smallest absolute Gasteiger partial charge is 0.308 e. The fourth-order valence-corrected chi connectivity index (χ4v) is 4.65. The Morgan fingerprint density at radius 2 is 1.48 bits per heavy atom. The average molecular weight is 703 g/mol. The van der Waals surface area contributed by atoms with Gasteiger partial charge in [0.15, 0.2) is 5.82 Å². The quantitative estimate of drug-likeness (QED) is 0.0929. The molecular weight excluding hydrogens is 652 g/mol. The highest BCUT2D eigenvalue weighted by Crippen LogP contribution is 2.31. The van der Waals surface area contributed by atoms with Crippen molar-refractivity contribution >= 4 is 51.4 Å². The molecule has 0 fully saturated rings. The molecule has 0 saturated heterocycles. The number of esters is 1. The summed E-state index contributed by atoms with van der Waals surface area (Å²) in [6.07, 6.45) is 0.0677. The number of hydrogen-bond donors (Lipinski definition) is 4. The van der Waals surface area contributed by atoms with Gasteiger partial charge < -0.3 is 49.3 Å². The lowest BCUT2D eigenvalue weighted by molar-refractivity contribution is -0.154. The number of pyridine rings is 1. The summed E-state index contributed by atoms with van der Waals surface area (Å²) in [6, 6.07) is 7.45. The molecule has 1 aromatic carbocycles. The molecule has 0 bridgehead atoms. The Bertz CT molecular complexity index is 1600. The minimum absolute atomic E-state index is 0.0677. The van der Waals surface area contributed by atoms with E-state index in [1.807, 2.05) is 35.8 Å². The van der Waals surface area contributed by atoms with Gasteiger partial charge in [0.1, 0.15) is 36.8 Å². The maximum absolute atomic E-state index is 12.9. The summed E-state index contributed by atoms with van der Waals surface area (Å²) >= 11 is 0. The van der Waals surface area contributed by atoms with Crippen molar-refractivity contribution in [3.05, 3.63) is 30.1 Å². The Morgan fingerprint density at radius 1 is 0.840 bits per heavy atom. The molecule has 0 atom stereocenters. The van der Waals surface area contributed by atoms with Gasteiger partial charge in [0.05, 0.1) is 62.6 Å². The van der Waals surface area contributed by atoms with E-state index in [-0.39, 0.29) is 84.0 Å². The molecule has 2 heterocycles. The van der Waals surface area contributed by atoms with Crippen LogP contribution in [0.5, 0.6) is 0 Å². The first-order valence-electron chi connectivity index (χ1n) is 16.5. The maximum Gasteiger partial charge on any atom is 0.308 e. The molecule has 0 spiro atoms. The van der Waals surface area contributed by atoms with E-state index in [0.29, 0.717) is 29.0 Å². The molecule has 0 aliphatic carbocycles. The first kappa shape index (κ1) is 40.2. The molecule has 3 rings (SSSR count). The van der Waals surface area contributed by atoms with Gasteiger partial charge >= 0.3 is 5.97 Å². The number of fused-ring (bicyclic) bond motifs is 3. The van der Waals surface area contributed by atoms with Gasteiger partial charge in [0.25, 0.3) is 0 Å². The number of anilines is 1. The Balaban J connectivity index is 1.38. The van der Waals surface area contributed by atoms with E-state index in [4.69, 9.17) is 28.7 Å². The van der Waals surface area contributed by atoms with Crippen LogP contribution in [-0.2, 0) is 56.0 Å². The lowest BCUT2D eigenvalue weighted by Crippen LogP contribution is -2.35. The van der Waals surface area contributed by atoms with Gasteiger partial charge in [-0.15, -0.1) is 0 Å². The second kappa shape index (κ2) is 19.2. The fourth-order valence-electron chi connectivity index (χ4n) is 4.65. The van der Waals surface area contributed by atoms with Crippen LogP contribution in [0.25, 0.3) is 21.9 Å². The molecule has 4 N–H and O–H groups in total. The summed E-state index contributed by atoms with van der Waals surface area (Å²) in [6.45, 7) is 11.6. The molecule has 50 heavy (non-hydrogen) atoms. The second-order valence-electron chi connectivity index (χ2n) is 13.0. The highest BCUT2D eigenvalue weighted by molar-refractivity contribution is 6.10. The molecule has 3 amide bonds. The molecule has 276 valence electrons. The summed E-state index contributed by atoms with van der Waals surface area (Å²) in [4.78, 5) is 58.0. The third-order valence-corrected chi connectivity index (χ3v) is 6.63. The Labute approximate surface area is 291 Å². The van der Waals surface area contributed by atoms with Crippen molar-refractivity contribution < 1.29 is 48.0 Å².